The van der Waals surface area contributed by atoms with Crippen molar-refractivity contribution in [3.05, 3.63) is 66.5 Å². The SMILES string of the molecule is CCCCCCCCOc1ccc(-c2cnc(-c3ccc(C(=O)OC(CC(=O)CCCCCCCC)C(F)(F)F)cc3)nc2)cc1. The van der Waals surface area contributed by atoms with Crippen molar-refractivity contribution in [1.82, 2.24) is 9.97 Å². The Labute approximate surface area is 271 Å². The van der Waals surface area contributed by atoms with Gasteiger partial charge >= 0.3 is 12.1 Å². The Bertz CT molecular complexity index is 1310. The molecule has 0 saturated carbocycles. The van der Waals surface area contributed by atoms with Gasteiger partial charge in [-0.1, -0.05) is 102 Å². The monoisotopic (exact) mass is 640 g/mol. The maximum Gasteiger partial charge on any atom is 0.425 e. The molecule has 0 aliphatic rings. The molecule has 1 atom stereocenters. The van der Waals surface area contributed by atoms with Crippen LogP contribution in [0.25, 0.3) is 22.5 Å². The van der Waals surface area contributed by atoms with Crippen LogP contribution >= 0.6 is 0 Å². The average molecular weight is 641 g/mol. The van der Waals surface area contributed by atoms with Gasteiger partial charge in [-0.15, -0.1) is 0 Å². The minimum atomic E-state index is -4.84. The number of hydrogen-bond donors (Lipinski definition) is 0. The van der Waals surface area contributed by atoms with E-state index in [1.165, 1.54) is 44.2 Å². The molecule has 3 aromatic rings. The summed E-state index contributed by atoms with van der Waals surface area (Å²) in [5, 5.41) is 0. The Morgan fingerprint density at radius 3 is 1.83 bits per heavy atom. The van der Waals surface area contributed by atoms with Crippen molar-refractivity contribution in [2.75, 3.05) is 6.61 Å². The molecule has 0 saturated heterocycles. The van der Waals surface area contributed by atoms with Crippen LogP contribution < -0.4 is 4.74 Å². The number of ether oxygens (including phenoxy) is 2. The Kier molecular flexibility index (Phi) is 15.7. The van der Waals surface area contributed by atoms with Gasteiger partial charge in [0.1, 0.15) is 11.5 Å². The van der Waals surface area contributed by atoms with Crippen molar-refractivity contribution in [3.63, 3.8) is 0 Å². The summed E-state index contributed by atoms with van der Waals surface area (Å²) in [7, 11) is 0. The van der Waals surface area contributed by atoms with Crippen LogP contribution in [0.4, 0.5) is 13.2 Å². The number of halogens is 3. The van der Waals surface area contributed by atoms with Gasteiger partial charge in [0.15, 0.2) is 5.82 Å². The number of Topliss-reactive ketones (excluding diaryl/α,β-unsaturated/α-hetero) is 1. The van der Waals surface area contributed by atoms with Gasteiger partial charge in [0.05, 0.1) is 18.6 Å². The molecule has 0 amide bonds. The number of esters is 1. The average Bonchev–Trinajstić information content (AvgIpc) is 3.05. The highest BCUT2D eigenvalue weighted by molar-refractivity contribution is 5.90. The molecule has 0 aliphatic carbocycles. The molecule has 1 heterocycles. The van der Waals surface area contributed by atoms with Gasteiger partial charge in [0, 0.05) is 29.9 Å². The van der Waals surface area contributed by atoms with Crippen LogP contribution in [0, 0.1) is 0 Å². The summed E-state index contributed by atoms with van der Waals surface area (Å²) in [6.45, 7) is 5.00. The van der Waals surface area contributed by atoms with Gasteiger partial charge in [-0.05, 0) is 42.7 Å². The summed E-state index contributed by atoms with van der Waals surface area (Å²) in [6.07, 6.45) is 8.00. The third-order valence-electron chi connectivity index (χ3n) is 7.82. The number of carbonyl (C=O) groups is 2. The Morgan fingerprint density at radius 1 is 0.696 bits per heavy atom. The second kappa shape index (κ2) is 19.7. The summed E-state index contributed by atoms with van der Waals surface area (Å²) in [5.74, 6) is -0.489. The quantitative estimate of drug-likeness (QED) is 0.0852. The third-order valence-corrected chi connectivity index (χ3v) is 7.82. The smallest absolute Gasteiger partial charge is 0.425 e. The Hall–Kier alpha value is -3.75. The first kappa shape index (κ1) is 36.7. The topological polar surface area (TPSA) is 78.4 Å². The van der Waals surface area contributed by atoms with Crippen LogP contribution in [-0.2, 0) is 9.53 Å². The Balaban J connectivity index is 1.50. The molecule has 1 unspecified atom stereocenters. The van der Waals surface area contributed by atoms with Crippen LogP contribution in [0.15, 0.2) is 60.9 Å². The van der Waals surface area contributed by atoms with E-state index in [1.54, 1.807) is 24.5 Å². The molecule has 1 aromatic heterocycles. The van der Waals surface area contributed by atoms with E-state index in [0.29, 0.717) is 24.4 Å². The van der Waals surface area contributed by atoms with Gasteiger partial charge in [-0.2, -0.15) is 13.2 Å². The van der Waals surface area contributed by atoms with Gasteiger partial charge in [0.25, 0.3) is 0 Å². The van der Waals surface area contributed by atoms with Crippen LogP contribution in [0.1, 0.15) is 114 Å². The minimum absolute atomic E-state index is 0.0444. The van der Waals surface area contributed by atoms with Gasteiger partial charge in [0.2, 0.25) is 6.10 Å². The van der Waals surface area contributed by atoms with Crippen molar-refractivity contribution in [3.8, 4) is 28.3 Å². The van der Waals surface area contributed by atoms with E-state index < -0.39 is 30.5 Å². The second-order valence-corrected chi connectivity index (χ2v) is 11.7. The van der Waals surface area contributed by atoms with Gasteiger partial charge in [-0.25, -0.2) is 14.8 Å². The fraction of sp³-hybridized carbons (Fsp3) is 0.514. The number of nitrogens with zero attached hydrogens (tertiary/aromatic N) is 2. The number of unbranched alkanes of at least 4 members (excludes halogenated alkanes) is 10. The summed E-state index contributed by atoms with van der Waals surface area (Å²) in [4.78, 5) is 33.6. The zero-order valence-corrected chi connectivity index (χ0v) is 27.1. The lowest BCUT2D eigenvalue weighted by molar-refractivity contribution is -0.206. The molecular weight excluding hydrogens is 593 g/mol. The molecule has 0 N–H and O–H groups in total. The molecule has 0 radical (unpaired) electrons. The summed E-state index contributed by atoms with van der Waals surface area (Å²) in [6, 6.07) is 13.6. The fourth-order valence-electron chi connectivity index (χ4n) is 5.03. The van der Waals surface area contributed by atoms with Crippen molar-refractivity contribution in [2.45, 2.75) is 116 Å². The first-order chi connectivity index (χ1) is 22.2. The molecule has 250 valence electrons. The highest BCUT2D eigenvalue weighted by atomic mass is 19.4. The highest BCUT2D eigenvalue weighted by Crippen LogP contribution is 2.28. The minimum Gasteiger partial charge on any atom is -0.494 e. The lowest BCUT2D eigenvalue weighted by Crippen LogP contribution is -2.35. The zero-order valence-electron chi connectivity index (χ0n) is 27.1. The lowest BCUT2D eigenvalue weighted by atomic mass is 10.0. The number of benzene rings is 2. The summed E-state index contributed by atoms with van der Waals surface area (Å²) < 4.78 is 51.4. The molecule has 0 aliphatic heterocycles. The number of carbonyl (C=O) groups excluding carboxylic acids is 2. The molecule has 3 rings (SSSR count). The maximum atomic E-state index is 13.6. The predicted molar refractivity (Wildman–Crippen MR) is 175 cm³/mol. The summed E-state index contributed by atoms with van der Waals surface area (Å²) >= 11 is 0. The van der Waals surface area contributed by atoms with E-state index in [-0.39, 0.29) is 12.0 Å². The number of aromatic nitrogens is 2. The van der Waals surface area contributed by atoms with Crippen molar-refractivity contribution >= 4 is 11.8 Å². The van der Waals surface area contributed by atoms with E-state index in [0.717, 1.165) is 55.4 Å². The van der Waals surface area contributed by atoms with Crippen molar-refractivity contribution in [2.24, 2.45) is 0 Å². The molecule has 2 aromatic carbocycles. The van der Waals surface area contributed by atoms with Crippen LogP contribution in [0.2, 0.25) is 0 Å². The van der Waals surface area contributed by atoms with Crippen LogP contribution in [0.3, 0.4) is 0 Å². The molecule has 6 nitrogen and oxygen atoms in total. The molecule has 0 spiro atoms. The first-order valence-electron chi connectivity index (χ1n) is 16.7. The largest absolute Gasteiger partial charge is 0.494 e. The standard InChI is InChI=1S/C37H47F3N2O4/c1-3-5-7-9-11-13-15-32(43)25-34(37(38,39)40)46-36(44)30-18-16-29(17-19-30)35-41-26-31(27-42-35)28-20-22-33(23-21-28)45-24-14-12-10-8-6-4-2/h16-23,26-27,34H,3-15,24-25H2,1-2H3. The van der Waals surface area contributed by atoms with Crippen LogP contribution in [-0.4, -0.2) is 40.6 Å². The molecule has 0 bridgehead atoms. The Morgan fingerprint density at radius 2 is 1.24 bits per heavy atom. The second-order valence-electron chi connectivity index (χ2n) is 11.7. The molecule has 46 heavy (non-hydrogen) atoms. The molecular formula is C37H47F3N2O4. The normalized spacial score (nSPS) is 12.1. The number of alkyl halides is 3. The van der Waals surface area contributed by atoms with Crippen molar-refractivity contribution in [1.29, 1.82) is 0 Å². The van der Waals surface area contributed by atoms with E-state index in [1.807, 2.05) is 24.3 Å². The maximum absolute atomic E-state index is 13.6. The first-order valence-corrected chi connectivity index (χ1v) is 16.7. The fourth-order valence-corrected chi connectivity index (χ4v) is 5.03. The van der Waals surface area contributed by atoms with Gasteiger partial charge < -0.3 is 9.47 Å². The van der Waals surface area contributed by atoms with E-state index in [2.05, 4.69) is 23.8 Å². The van der Waals surface area contributed by atoms with Crippen molar-refractivity contribution < 1.29 is 32.2 Å². The highest BCUT2D eigenvalue weighted by Gasteiger charge is 2.44. The number of rotatable bonds is 21. The molecule has 0 fully saturated rings. The lowest BCUT2D eigenvalue weighted by Gasteiger charge is -2.20. The third kappa shape index (κ3) is 12.9. The van der Waals surface area contributed by atoms with Gasteiger partial charge in [-0.3, -0.25) is 4.79 Å². The van der Waals surface area contributed by atoms with E-state index in [4.69, 9.17) is 9.47 Å². The van der Waals surface area contributed by atoms with E-state index >= 15 is 0 Å². The zero-order chi connectivity index (χ0) is 33.2. The number of ketones is 1. The van der Waals surface area contributed by atoms with Crippen LogP contribution in [0.5, 0.6) is 5.75 Å². The number of hydrogen-bond acceptors (Lipinski definition) is 6. The molecule has 9 heteroatoms. The van der Waals surface area contributed by atoms with E-state index in [9.17, 15) is 22.8 Å². The summed E-state index contributed by atoms with van der Waals surface area (Å²) in [5.41, 5.74) is 2.27. The predicted octanol–water partition coefficient (Wildman–Crippen LogP) is 10.3.